The van der Waals surface area contributed by atoms with Gasteiger partial charge in [-0.1, -0.05) is 13.0 Å². The summed E-state index contributed by atoms with van der Waals surface area (Å²) in [6.45, 7) is 5.79. The van der Waals surface area contributed by atoms with Gasteiger partial charge in [-0.2, -0.15) is 0 Å². The third-order valence-electron chi connectivity index (χ3n) is 6.14. The van der Waals surface area contributed by atoms with E-state index >= 15 is 0 Å². The molecule has 0 amide bonds. The van der Waals surface area contributed by atoms with Crippen LogP contribution in [-0.2, 0) is 11.2 Å². The predicted molar refractivity (Wildman–Crippen MR) is 126 cm³/mol. The number of pyridine rings is 1. The molecule has 1 aliphatic rings. The van der Waals surface area contributed by atoms with Crippen molar-refractivity contribution in [3.63, 3.8) is 0 Å². The fourth-order valence-electron chi connectivity index (χ4n) is 4.29. The number of aromatic nitrogens is 3. The zero-order valence-corrected chi connectivity index (χ0v) is 18.4. The molecule has 2 aromatic heterocycles. The molecule has 0 saturated carbocycles. The average Bonchev–Trinajstić information content (AvgIpc) is 3.18. The van der Waals surface area contributed by atoms with Crippen molar-refractivity contribution in [1.29, 1.82) is 0 Å². The Hall–Kier alpha value is -3.25. The first kappa shape index (κ1) is 20.6. The molecule has 1 aliphatic heterocycles. The molecule has 4 aromatic rings. The Kier molecular flexibility index (Phi) is 5.62. The van der Waals surface area contributed by atoms with E-state index in [9.17, 15) is 4.39 Å². The summed E-state index contributed by atoms with van der Waals surface area (Å²) >= 11 is 0. The van der Waals surface area contributed by atoms with Crippen LogP contribution >= 0.6 is 0 Å². The van der Waals surface area contributed by atoms with Gasteiger partial charge in [-0.15, -0.1) is 0 Å². The van der Waals surface area contributed by atoms with Gasteiger partial charge in [0, 0.05) is 36.7 Å². The van der Waals surface area contributed by atoms with E-state index in [-0.39, 0.29) is 5.82 Å². The lowest BCUT2D eigenvalue weighted by Gasteiger charge is -2.24. The van der Waals surface area contributed by atoms with Crippen LogP contribution in [0.5, 0.6) is 0 Å². The molecule has 0 radical (unpaired) electrons. The smallest absolute Gasteiger partial charge is 0.147 e. The van der Waals surface area contributed by atoms with E-state index in [1.807, 2.05) is 6.20 Å². The molecule has 1 N–H and O–H groups in total. The summed E-state index contributed by atoms with van der Waals surface area (Å²) in [4.78, 5) is 9.65. The molecule has 32 heavy (non-hydrogen) atoms. The van der Waals surface area contributed by atoms with E-state index in [0.717, 1.165) is 72.0 Å². The van der Waals surface area contributed by atoms with E-state index in [1.165, 1.54) is 17.7 Å². The first-order valence-electron chi connectivity index (χ1n) is 11.2. The molecule has 5 rings (SSSR count). The molecular weight excluding hydrogens is 403 g/mol. The third-order valence-corrected chi connectivity index (χ3v) is 6.14. The van der Waals surface area contributed by atoms with Crippen LogP contribution in [0.25, 0.3) is 28.1 Å². The van der Waals surface area contributed by atoms with Gasteiger partial charge in [0.1, 0.15) is 17.5 Å². The van der Waals surface area contributed by atoms with Crippen LogP contribution in [0.4, 0.5) is 10.2 Å². The molecule has 2 aromatic carbocycles. The summed E-state index contributed by atoms with van der Waals surface area (Å²) in [5, 5.41) is 3.53. The molecule has 1 saturated heterocycles. The number of benzene rings is 2. The van der Waals surface area contributed by atoms with Crippen molar-refractivity contribution in [2.75, 3.05) is 18.5 Å². The molecule has 6 heteroatoms. The quantitative estimate of drug-likeness (QED) is 0.442. The maximum absolute atomic E-state index is 13.6. The van der Waals surface area contributed by atoms with Gasteiger partial charge in [-0.05, 0) is 79.8 Å². The van der Waals surface area contributed by atoms with E-state index < -0.39 is 0 Å². The van der Waals surface area contributed by atoms with E-state index in [0.29, 0.717) is 6.04 Å². The molecule has 164 valence electrons. The van der Waals surface area contributed by atoms with Crippen LogP contribution in [0, 0.1) is 12.7 Å². The van der Waals surface area contributed by atoms with Crippen LogP contribution in [-0.4, -0.2) is 33.8 Å². The number of ether oxygens (including phenoxy) is 1. The summed E-state index contributed by atoms with van der Waals surface area (Å²) in [6.07, 6.45) is 4.80. The van der Waals surface area contributed by atoms with Gasteiger partial charge in [0.25, 0.3) is 0 Å². The van der Waals surface area contributed by atoms with Gasteiger partial charge in [0.15, 0.2) is 0 Å². The maximum atomic E-state index is 13.6. The van der Waals surface area contributed by atoms with Gasteiger partial charge in [-0.3, -0.25) is 4.57 Å². The molecule has 0 spiro atoms. The van der Waals surface area contributed by atoms with Crippen molar-refractivity contribution in [2.24, 2.45) is 0 Å². The van der Waals surface area contributed by atoms with Crippen molar-refractivity contribution >= 4 is 16.9 Å². The van der Waals surface area contributed by atoms with Gasteiger partial charge < -0.3 is 10.1 Å². The Labute approximate surface area is 187 Å². The number of anilines is 1. The Morgan fingerprint density at radius 3 is 2.59 bits per heavy atom. The normalized spacial score (nSPS) is 14.7. The lowest BCUT2D eigenvalue weighted by atomic mass is 10.1. The molecule has 3 heterocycles. The van der Waals surface area contributed by atoms with E-state index in [2.05, 4.69) is 48.0 Å². The number of hydrogen-bond donors (Lipinski definition) is 1. The minimum atomic E-state index is -0.254. The van der Waals surface area contributed by atoms with Crippen LogP contribution in [0.2, 0.25) is 0 Å². The highest BCUT2D eigenvalue weighted by Gasteiger charge is 2.19. The van der Waals surface area contributed by atoms with E-state index in [4.69, 9.17) is 14.7 Å². The van der Waals surface area contributed by atoms with Crippen LogP contribution in [0.3, 0.4) is 0 Å². The number of rotatable bonds is 5. The lowest BCUT2D eigenvalue weighted by molar-refractivity contribution is 0.0904. The van der Waals surface area contributed by atoms with Crippen molar-refractivity contribution in [3.8, 4) is 17.1 Å². The highest BCUT2D eigenvalue weighted by molar-refractivity contribution is 5.84. The monoisotopic (exact) mass is 430 g/mol. The lowest BCUT2D eigenvalue weighted by Crippen LogP contribution is -2.28. The largest absolute Gasteiger partial charge is 0.381 e. The van der Waals surface area contributed by atoms with Gasteiger partial charge in [0.05, 0.1) is 11.0 Å². The second-order valence-corrected chi connectivity index (χ2v) is 8.34. The first-order chi connectivity index (χ1) is 15.6. The maximum Gasteiger partial charge on any atom is 0.147 e. The highest BCUT2D eigenvalue weighted by atomic mass is 19.1. The standard InChI is InChI=1S/C26H27FN4O/c1-3-18-4-9-23-24(15-18)31(21-7-5-19(27)6-8-21)26(30-23)22-16-28-25(14-17(22)2)29-20-10-12-32-13-11-20/h4-9,14-16,20H,3,10-13H2,1-2H3,(H,28,29). The van der Waals surface area contributed by atoms with Crippen molar-refractivity contribution < 1.29 is 9.13 Å². The Balaban J connectivity index is 1.60. The number of aryl methyl sites for hydroxylation is 2. The fourth-order valence-corrected chi connectivity index (χ4v) is 4.29. The van der Waals surface area contributed by atoms with Gasteiger partial charge in [-0.25, -0.2) is 14.4 Å². The summed E-state index contributed by atoms with van der Waals surface area (Å²) in [5.41, 5.74) is 6.07. The SMILES string of the molecule is CCc1ccc2nc(-c3cnc(NC4CCOCC4)cc3C)n(-c3ccc(F)cc3)c2c1. The van der Waals surface area contributed by atoms with Gasteiger partial charge in [0.2, 0.25) is 0 Å². The number of fused-ring (bicyclic) bond motifs is 1. The predicted octanol–water partition coefficient (Wildman–Crippen LogP) is 5.69. The Morgan fingerprint density at radius 1 is 1.09 bits per heavy atom. The minimum Gasteiger partial charge on any atom is -0.381 e. The average molecular weight is 431 g/mol. The second kappa shape index (κ2) is 8.71. The number of nitrogens with zero attached hydrogens (tertiary/aromatic N) is 3. The van der Waals surface area contributed by atoms with Crippen LogP contribution in [0.15, 0.2) is 54.7 Å². The van der Waals surface area contributed by atoms with Crippen molar-refractivity contribution in [2.45, 2.75) is 39.2 Å². The van der Waals surface area contributed by atoms with Crippen molar-refractivity contribution in [3.05, 3.63) is 71.7 Å². The summed E-state index contributed by atoms with van der Waals surface area (Å²) in [6, 6.07) is 15.4. The molecule has 0 aliphatic carbocycles. The fraction of sp³-hybridized carbons (Fsp3) is 0.308. The highest BCUT2D eigenvalue weighted by Crippen LogP contribution is 2.32. The zero-order valence-electron chi connectivity index (χ0n) is 18.4. The molecule has 5 nitrogen and oxygen atoms in total. The third kappa shape index (κ3) is 3.98. The molecular formula is C26H27FN4O. The van der Waals surface area contributed by atoms with Crippen LogP contribution in [0.1, 0.15) is 30.9 Å². The van der Waals surface area contributed by atoms with Crippen molar-refractivity contribution in [1.82, 2.24) is 14.5 Å². The summed E-state index contributed by atoms with van der Waals surface area (Å²) < 4.78 is 21.2. The molecule has 1 fully saturated rings. The topological polar surface area (TPSA) is 52.0 Å². The Bertz CT molecular complexity index is 1240. The zero-order chi connectivity index (χ0) is 22.1. The summed E-state index contributed by atoms with van der Waals surface area (Å²) in [7, 11) is 0. The number of hydrogen-bond acceptors (Lipinski definition) is 4. The number of nitrogens with one attached hydrogen (secondary N) is 1. The first-order valence-corrected chi connectivity index (χ1v) is 11.2. The summed E-state index contributed by atoms with van der Waals surface area (Å²) in [5.74, 6) is 1.42. The van der Waals surface area contributed by atoms with Gasteiger partial charge >= 0.3 is 0 Å². The number of halogens is 1. The van der Waals surface area contributed by atoms with E-state index in [1.54, 1.807) is 12.1 Å². The molecule has 0 atom stereocenters. The Morgan fingerprint density at radius 2 is 1.88 bits per heavy atom. The second-order valence-electron chi connectivity index (χ2n) is 8.34. The minimum absolute atomic E-state index is 0.254. The van der Waals surface area contributed by atoms with Crippen LogP contribution < -0.4 is 5.32 Å². The number of imidazole rings is 1. The molecule has 0 unspecified atom stereocenters. The molecule has 0 bridgehead atoms.